The van der Waals surface area contributed by atoms with Crippen LogP contribution in [-0.2, 0) is 4.79 Å². The maximum atomic E-state index is 11.0. The van der Waals surface area contributed by atoms with Crippen LogP contribution < -0.4 is 0 Å². The first-order valence-corrected chi connectivity index (χ1v) is 5.59. The molecule has 0 radical (unpaired) electrons. The third-order valence-electron chi connectivity index (χ3n) is 2.78. The Labute approximate surface area is 129 Å². The van der Waals surface area contributed by atoms with Crippen LogP contribution in [0, 0.1) is 0 Å². The molecule has 2 rings (SSSR count). The van der Waals surface area contributed by atoms with Crippen molar-refractivity contribution in [2.45, 2.75) is 12.3 Å². The van der Waals surface area contributed by atoms with E-state index < -0.39 is 5.97 Å². The second kappa shape index (κ2) is 7.37. The van der Waals surface area contributed by atoms with Gasteiger partial charge in [0.15, 0.2) is 0 Å². The molecule has 0 aliphatic rings. The van der Waals surface area contributed by atoms with Gasteiger partial charge in [-0.1, -0.05) is 60.7 Å². The minimum atomic E-state index is -0.775. The Hall–Kier alpha value is -1.09. The van der Waals surface area contributed by atoms with Gasteiger partial charge in [0.25, 0.3) is 0 Å². The fourth-order valence-corrected chi connectivity index (χ4v) is 1.97. The molecule has 0 heterocycles. The molecule has 0 fully saturated rings. The second-order valence-electron chi connectivity index (χ2n) is 3.97. The number of hydrogen-bond acceptors (Lipinski definition) is 1. The Morgan fingerprint density at radius 2 is 1.28 bits per heavy atom. The molecule has 0 amide bonds. The van der Waals surface area contributed by atoms with E-state index in [2.05, 4.69) is 0 Å². The molecule has 2 aromatic rings. The van der Waals surface area contributed by atoms with Crippen LogP contribution in [0.15, 0.2) is 60.7 Å². The number of aliphatic carboxylic acids is 1. The van der Waals surface area contributed by atoms with Crippen molar-refractivity contribution >= 4 is 35.5 Å². The predicted molar refractivity (Wildman–Crippen MR) is 74.1 cm³/mol. The third kappa shape index (κ3) is 3.98. The summed E-state index contributed by atoms with van der Waals surface area (Å²) >= 11 is 0. The molecule has 0 unspecified atom stereocenters. The summed E-state index contributed by atoms with van der Waals surface area (Å²) in [5.41, 5.74) is 2.09. The van der Waals surface area contributed by atoms with Crippen LogP contribution in [0.2, 0.25) is 0 Å². The average molecular weight is 250 g/mol. The summed E-state index contributed by atoms with van der Waals surface area (Å²) in [6, 6.07) is 19.5. The zero-order chi connectivity index (χ0) is 12.1. The van der Waals surface area contributed by atoms with Crippen LogP contribution in [0.25, 0.3) is 0 Å². The van der Waals surface area contributed by atoms with Gasteiger partial charge in [0, 0.05) is 5.92 Å². The van der Waals surface area contributed by atoms with Crippen molar-refractivity contribution < 1.29 is 9.90 Å². The Bertz CT molecular complexity index is 443. The van der Waals surface area contributed by atoms with Gasteiger partial charge < -0.3 is 5.11 Å². The zero-order valence-electron chi connectivity index (χ0n) is 9.41. The van der Waals surface area contributed by atoms with Crippen molar-refractivity contribution in [3.8, 4) is 0 Å². The molecule has 0 aliphatic heterocycles. The maximum absolute atomic E-state index is 11.0. The molecule has 18 heavy (non-hydrogen) atoms. The number of benzene rings is 2. The van der Waals surface area contributed by atoms with Crippen LogP contribution >= 0.6 is 0 Å². The Balaban J connectivity index is 0.00000162. The van der Waals surface area contributed by atoms with Crippen LogP contribution in [0.1, 0.15) is 23.5 Å². The number of rotatable bonds is 4. The summed E-state index contributed by atoms with van der Waals surface area (Å²) in [5.74, 6) is -0.849. The van der Waals surface area contributed by atoms with Crippen molar-refractivity contribution in [2.24, 2.45) is 0 Å². The number of carboxylic acid groups (broad SMARTS) is 1. The fourth-order valence-electron chi connectivity index (χ4n) is 1.97. The summed E-state index contributed by atoms with van der Waals surface area (Å²) in [4.78, 5) is 11.0. The molecule has 0 saturated carbocycles. The monoisotopic (exact) mass is 250 g/mol. The van der Waals surface area contributed by atoms with E-state index in [1.807, 2.05) is 60.7 Å². The molecular formula is C15H15NaO2. The van der Waals surface area contributed by atoms with Gasteiger partial charge in [-0.2, -0.15) is 0 Å². The van der Waals surface area contributed by atoms with E-state index in [4.69, 9.17) is 5.11 Å². The van der Waals surface area contributed by atoms with Gasteiger partial charge in [-0.05, 0) is 11.1 Å². The summed E-state index contributed by atoms with van der Waals surface area (Å²) < 4.78 is 0. The molecule has 0 aliphatic carbocycles. The topological polar surface area (TPSA) is 37.3 Å². The molecule has 2 aromatic carbocycles. The van der Waals surface area contributed by atoms with Crippen molar-refractivity contribution in [1.29, 1.82) is 0 Å². The molecule has 88 valence electrons. The van der Waals surface area contributed by atoms with Gasteiger partial charge >= 0.3 is 35.5 Å². The third-order valence-corrected chi connectivity index (χ3v) is 2.78. The van der Waals surface area contributed by atoms with E-state index in [1.165, 1.54) is 0 Å². The number of carbonyl (C=O) groups is 1. The van der Waals surface area contributed by atoms with Crippen molar-refractivity contribution in [2.75, 3.05) is 0 Å². The van der Waals surface area contributed by atoms with Crippen LogP contribution in [0.3, 0.4) is 0 Å². The fraction of sp³-hybridized carbons (Fsp3) is 0.133. The molecule has 0 spiro atoms. The summed E-state index contributed by atoms with van der Waals surface area (Å²) in [6.07, 6.45) is 0.119. The van der Waals surface area contributed by atoms with E-state index >= 15 is 0 Å². The number of hydrogen-bond donors (Lipinski definition) is 1. The molecule has 1 N–H and O–H groups in total. The van der Waals surface area contributed by atoms with Crippen molar-refractivity contribution in [3.05, 3.63) is 71.8 Å². The molecule has 2 nitrogen and oxygen atoms in total. The first-order valence-electron chi connectivity index (χ1n) is 5.59. The van der Waals surface area contributed by atoms with E-state index in [9.17, 15) is 4.79 Å². The Kier molecular flexibility index (Phi) is 6.13. The van der Waals surface area contributed by atoms with Gasteiger partial charge in [0.1, 0.15) is 0 Å². The summed E-state index contributed by atoms with van der Waals surface area (Å²) in [6.45, 7) is 0. The van der Waals surface area contributed by atoms with E-state index in [1.54, 1.807) is 0 Å². The summed E-state index contributed by atoms with van der Waals surface area (Å²) in [5, 5.41) is 9.01. The van der Waals surface area contributed by atoms with Crippen LogP contribution in [-0.4, -0.2) is 40.6 Å². The first kappa shape index (κ1) is 15.0. The van der Waals surface area contributed by atoms with Gasteiger partial charge in [0.05, 0.1) is 6.42 Å². The zero-order valence-corrected chi connectivity index (χ0v) is 9.41. The first-order chi connectivity index (χ1) is 8.27. The Morgan fingerprint density at radius 1 is 0.889 bits per heavy atom. The number of carboxylic acids is 1. The molecule has 0 saturated heterocycles. The van der Waals surface area contributed by atoms with Crippen LogP contribution in [0.4, 0.5) is 0 Å². The van der Waals surface area contributed by atoms with Gasteiger partial charge in [-0.25, -0.2) is 0 Å². The van der Waals surface area contributed by atoms with Gasteiger partial charge in [0.2, 0.25) is 0 Å². The second-order valence-corrected chi connectivity index (χ2v) is 3.97. The molecule has 0 atom stereocenters. The molecule has 0 bridgehead atoms. The van der Waals surface area contributed by atoms with E-state index in [0.717, 1.165) is 11.1 Å². The molecular weight excluding hydrogens is 235 g/mol. The SMILES string of the molecule is O=C(O)CC(c1ccccc1)c1ccccc1.[NaH]. The van der Waals surface area contributed by atoms with Crippen molar-refractivity contribution in [1.82, 2.24) is 0 Å². The Morgan fingerprint density at radius 3 is 1.61 bits per heavy atom. The standard InChI is InChI=1S/C15H14O2.Na.H/c16-15(17)11-14(12-7-3-1-4-8-12)13-9-5-2-6-10-13;;/h1-10,14H,11H2,(H,16,17);;. The van der Waals surface area contributed by atoms with Gasteiger partial charge in [-0.15, -0.1) is 0 Å². The minimum absolute atomic E-state index is 0. The molecule has 0 aromatic heterocycles. The molecule has 3 heteroatoms. The van der Waals surface area contributed by atoms with Gasteiger partial charge in [-0.3, -0.25) is 4.79 Å². The van der Waals surface area contributed by atoms with Crippen molar-refractivity contribution in [3.63, 3.8) is 0 Å². The summed E-state index contributed by atoms with van der Waals surface area (Å²) in [7, 11) is 0. The van der Waals surface area contributed by atoms with E-state index in [0.29, 0.717) is 0 Å². The average Bonchev–Trinajstić information content (AvgIpc) is 2.38. The van der Waals surface area contributed by atoms with Crippen LogP contribution in [0.5, 0.6) is 0 Å². The predicted octanol–water partition coefficient (Wildman–Crippen LogP) is 2.64. The normalized spacial score (nSPS) is 9.83. The van der Waals surface area contributed by atoms with E-state index in [-0.39, 0.29) is 41.9 Å². The quantitative estimate of drug-likeness (QED) is 0.847.